The average Bonchev–Trinajstić information content (AvgIpc) is 2.63. The van der Waals surface area contributed by atoms with E-state index >= 15 is 0 Å². The van der Waals surface area contributed by atoms with E-state index in [0.717, 1.165) is 24.5 Å². The van der Waals surface area contributed by atoms with Gasteiger partial charge in [-0.05, 0) is 30.2 Å². The summed E-state index contributed by atoms with van der Waals surface area (Å²) in [6, 6.07) is 27.7. The van der Waals surface area contributed by atoms with Crippen LogP contribution in [0.3, 0.4) is 0 Å². The highest BCUT2D eigenvalue weighted by molar-refractivity contribution is 6.07. The molecule has 0 saturated heterocycles. The summed E-state index contributed by atoms with van der Waals surface area (Å²) in [6.45, 7) is 3.83. The maximum atomic E-state index is 4.91. The monoisotopic (exact) mass is 312 g/mol. The predicted molar refractivity (Wildman–Crippen MR) is 101 cm³/mol. The molecule has 0 saturated carbocycles. The lowest BCUT2D eigenvalue weighted by molar-refractivity contribution is 0.874. The summed E-state index contributed by atoms with van der Waals surface area (Å²) in [5.74, 6) is 0. The Bertz CT molecular complexity index is 864. The van der Waals surface area contributed by atoms with Crippen molar-refractivity contribution in [3.63, 3.8) is 0 Å². The van der Waals surface area contributed by atoms with Crippen molar-refractivity contribution in [3.05, 3.63) is 95.6 Å². The summed E-state index contributed by atoms with van der Waals surface area (Å²) in [4.78, 5) is 7.32. The predicted octanol–water partition coefficient (Wildman–Crippen LogP) is 5.14. The van der Waals surface area contributed by atoms with E-state index in [9.17, 15) is 0 Å². The van der Waals surface area contributed by atoms with Crippen molar-refractivity contribution in [2.75, 3.05) is 11.4 Å². The van der Waals surface area contributed by atoms with Gasteiger partial charge in [0.15, 0.2) is 0 Å². The molecule has 118 valence electrons. The minimum atomic E-state index is 0.828. The summed E-state index contributed by atoms with van der Waals surface area (Å²) >= 11 is 0. The van der Waals surface area contributed by atoms with Crippen molar-refractivity contribution in [1.29, 1.82) is 0 Å². The minimum Gasteiger partial charge on any atom is -0.360 e. The molecule has 0 atom stereocenters. The largest absolute Gasteiger partial charge is 0.360 e. The third-order valence-electron chi connectivity index (χ3n) is 4.42. The van der Waals surface area contributed by atoms with E-state index in [2.05, 4.69) is 90.7 Å². The summed E-state index contributed by atoms with van der Waals surface area (Å²) in [5, 5.41) is 0. The molecule has 0 unspecified atom stereocenters. The number of anilines is 1. The molecule has 1 aliphatic heterocycles. The number of aliphatic imine (C=N–C) groups is 1. The number of fused-ring (bicyclic) bond motifs is 1. The van der Waals surface area contributed by atoms with Crippen molar-refractivity contribution in [3.8, 4) is 0 Å². The first-order valence-corrected chi connectivity index (χ1v) is 8.32. The molecular formula is C22H20N2. The van der Waals surface area contributed by atoms with Gasteiger partial charge in [0.05, 0.1) is 23.6 Å². The van der Waals surface area contributed by atoms with E-state index in [-0.39, 0.29) is 0 Å². The first-order valence-electron chi connectivity index (χ1n) is 8.32. The van der Waals surface area contributed by atoms with Crippen LogP contribution >= 0.6 is 0 Å². The van der Waals surface area contributed by atoms with Crippen LogP contribution in [0.5, 0.6) is 0 Å². The van der Waals surface area contributed by atoms with Crippen LogP contribution < -0.4 is 4.90 Å². The number of hydrogen-bond donors (Lipinski definition) is 0. The van der Waals surface area contributed by atoms with E-state index in [1.165, 1.54) is 22.4 Å². The lowest BCUT2D eigenvalue weighted by Gasteiger charge is -2.30. The lowest BCUT2D eigenvalue weighted by atomic mass is 10.0. The second-order valence-corrected chi connectivity index (χ2v) is 6.25. The molecule has 3 aromatic carbocycles. The fourth-order valence-corrected chi connectivity index (χ4v) is 3.12. The van der Waals surface area contributed by atoms with Crippen LogP contribution in [0.2, 0.25) is 0 Å². The van der Waals surface area contributed by atoms with E-state index < -0.39 is 0 Å². The normalized spacial score (nSPS) is 13.4. The Morgan fingerprint density at radius 2 is 1.54 bits per heavy atom. The molecule has 2 heteroatoms. The summed E-state index contributed by atoms with van der Waals surface area (Å²) in [7, 11) is 0. The van der Waals surface area contributed by atoms with Gasteiger partial charge in [-0.15, -0.1) is 0 Å². The molecule has 0 amide bonds. The second kappa shape index (κ2) is 6.32. The Labute approximate surface area is 143 Å². The Morgan fingerprint density at radius 1 is 0.833 bits per heavy atom. The van der Waals surface area contributed by atoms with Crippen molar-refractivity contribution in [2.45, 2.75) is 13.5 Å². The molecule has 0 bridgehead atoms. The van der Waals surface area contributed by atoms with Crippen LogP contribution in [-0.4, -0.2) is 12.3 Å². The number of hydrogen-bond acceptors (Lipinski definition) is 2. The third-order valence-corrected chi connectivity index (χ3v) is 4.42. The van der Waals surface area contributed by atoms with Gasteiger partial charge in [0.2, 0.25) is 0 Å². The van der Waals surface area contributed by atoms with Crippen LogP contribution in [0, 0.1) is 6.92 Å². The van der Waals surface area contributed by atoms with Crippen molar-refractivity contribution in [2.24, 2.45) is 4.99 Å². The molecule has 0 aliphatic carbocycles. The fraction of sp³-hybridized carbons (Fsp3) is 0.136. The smallest absolute Gasteiger partial charge is 0.0867 e. The summed E-state index contributed by atoms with van der Waals surface area (Å²) in [5.41, 5.74) is 7.18. The Hall–Kier alpha value is -2.87. The molecule has 0 spiro atoms. The molecule has 4 rings (SSSR count). The zero-order valence-corrected chi connectivity index (χ0v) is 13.8. The summed E-state index contributed by atoms with van der Waals surface area (Å²) in [6.07, 6.45) is 0. The van der Waals surface area contributed by atoms with E-state index in [0.29, 0.717) is 0 Å². The van der Waals surface area contributed by atoms with Gasteiger partial charge in [-0.25, -0.2) is 4.99 Å². The van der Waals surface area contributed by atoms with Gasteiger partial charge in [-0.3, -0.25) is 0 Å². The van der Waals surface area contributed by atoms with Crippen LogP contribution in [0.1, 0.15) is 16.7 Å². The molecule has 2 nitrogen and oxygen atoms in total. The van der Waals surface area contributed by atoms with E-state index in [4.69, 9.17) is 4.99 Å². The zero-order valence-electron chi connectivity index (χ0n) is 13.8. The van der Waals surface area contributed by atoms with E-state index in [1.807, 2.05) is 0 Å². The van der Waals surface area contributed by atoms with Crippen molar-refractivity contribution >= 4 is 17.1 Å². The number of benzene rings is 3. The second-order valence-electron chi connectivity index (χ2n) is 6.25. The Balaban J connectivity index is 1.71. The van der Waals surface area contributed by atoms with Crippen LogP contribution in [-0.2, 0) is 6.54 Å². The van der Waals surface area contributed by atoms with Gasteiger partial charge < -0.3 is 4.90 Å². The SMILES string of the molecule is Cc1ccc(C2=Nc3ccccc3N(Cc3ccccc3)C2)cc1. The topological polar surface area (TPSA) is 15.6 Å². The molecule has 1 heterocycles. The van der Waals surface area contributed by atoms with Crippen molar-refractivity contribution < 1.29 is 0 Å². The van der Waals surface area contributed by atoms with Gasteiger partial charge in [0, 0.05) is 6.54 Å². The van der Waals surface area contributed by atoms with Crippen LogP contribution in [0.15, 0.2) is 83.9 Å². The average molecular weight is 312 g/mol. The van der Waals surface area contributed by atoms with Crippen LogP contribution in [0.4, 0.5) is 11.4 Å². The quantitative estimate of drug-likeness (QED) is 0.654. The van der Waals surface area contributed by atoms with Gasteiger partial charge in [0.1, 0.15) is 0 Å². The molecular weight excluding hydrogens is 292 g/mol. The lowest BCUT2D eigenvalue weighted by Crippen LogP contribution is -2.32. The molecule has 0 radical (unpaired) electrons. The van der Waals surface area contributed by atoms with Crippen LogP contribution in [0.25, 0.3) is 0 Å². The highest BCUT2D eigenvalue weighted by Crippen LogP contribution is 2.33. The Morgan fingerprint density at radius 3 is 2.33 bits per heavy atom. The first-order chi connectivity index (χ1) is 11.8. The molecule has 1 aliphatic rings. The molecule has 3 aromatic rings. The van der Waals surface area contributed by atoms with Crippen molar-refractivity contribution in [1.82, 2.24) is 0 Å². The number of aryl methyl sites for hydroxylation is 1. The number of para-hydroxylation sites is 2. The standard InChI is InChI=1S/C22H20N2/c1-17-11-13-19(14-12-17)21-16-24(15-18-7-3-2-4-8-18)22-10-6-5-9-20(22)23-21/h2-14H,15-16H2,1H3. The molecule has 0 fully saturated rings. The third kappa shape index (κ3) is 2.95. The van der Waals surface area contributed by atoms with Gasteiger partial charge in [-0.2, -0.15) is 0 Å². The summed E-state index contributed by atoms with van der Waals surface area (Å²) < 4.78 is 0. The van der Waals surface area contributed by atoms with Gasteiger partial charge in [-0.1, -0.05) is 72.3 Å². The minimum absolute atomic E-state index is 0.828. The number of nitrogens with zero attached hydrogens (tertiary/aromatic N) is 2. The van der Waals surface area contributed by atoms with Gasteiger partial charge in [0.25, 0.3) is 0 Å². The number of rotatable bonds is 3. The molecule has 0 N–H and O–H groups in total. The molecule has 24 heavy (non-hydrogen) atoms. The first kappa shape index (κ1) is 14.7. The fourth-order valence-electron chi connectivity index (χ4n) is 3.12. The Kier molecular flexibility index (Phi) is 3.87. The maximum Gasteiger partial charge on any atom is 0.0867 e. The molecule has 0 aromatic heterocycles. The maximum absolute atomic E-state index is 4.91. The highest BCUT2D eigenvalue weighted by atomic mass is 15.2. The van der Waals surface area contributed by atoms with E-state index in [1.54, 1.807) is 0 Å². The van der Waals surface area contributed by atoms with Gasteiger partial charge >= 0.3 is 0 Å². The zero-order chi connectivity index (χ0) is 16.4. The highest BCUT2D eigenvalue weighted by Gasteiger charge is 2.20.